The zero-order valence-electron chi connectivity index (χ0n) is 23.7. The highest BCUT2D eigenvalue weighted by molar-refractivity contribution is 6.33. The summed E-state index contributed by atoms with van der Waals surface area (Å²) in [5, 5.41) is 7.66. The Balaban J connectivity index is 1.31. The minimum Gasteiger partial charge on any atom is -0.372 e. The summed E-state index contributed by atoms with van der Waals surface area (Å²) in [7, 11) is 2.04. The van der Waals surface area contributed by atoms with Crippen LogP contribution in [-0.2, 0) is 6.42 Å². The largest absolute Gasteiger partial charge is 0.372 e. The molecule has 1 saturated heterocycles. The van der Waals surface area contributed by atoms with Gasteiger partial charge in [-0.15, -0.1) is 0 Å². The van der Waals surface area contributed by atoms with Gasteiger partial charge < -0.3 is 20.4 Å². The van der Waals surface area contributed by atoms with Gasteiger partial charge in [0, 0.05) is 78.9 Å². The van der Waals surface area contributed by atoms with E-state index in [1.165, 1.54) is 6.07 Å². The Morgan fingerprint density at radius 3 is 2.58 bits per heavy atom. The first-order valence-electron chi connectivity index (χ1n) is 14.4. The normalized spacial score (nSPS) is 16.8. The number of benzene rings is 3. The third-order valence-corrected chi connectivity index (χ3v) is 8.64. The van der Waals surface area contributed by atoms with Crippen LogP contribution in [0.3, 0.4) is 0 Å². The second-order valence-electron chi connectivity index (χ2n) is 11.1. The fourth-order valence-corrected chi connectivity index (χ4v) is 6.47. The molecule has 8 nitrogen and oxygen atoms in total. The van der Waals surface area contributed by atoms with Crippen molar-refractivity contribution in [3.05, 3.63) is 106 Å². The lowest BCUT2D eigenvalue weighted by atomic mass is 9.97. The minimum absolute atomic E-state index is 0.172. The number of aromatic nitrogens is 3. The molecule has 218 valence electrons. The van der Waals surface area contributed by atoms with Crippen molar-refractivity contribution < 1.29 is 4.39 Å². The summed E-state index contributed by atoms with van der Waals surface area (Å²) in [4.78, 5) is 27.9. The van der Waals surface area contributed by atoms with Gasteiger partial charge in [-0.05, 0) is 48.4 Å². The summed E-state index contributed by atoms with van der Waals surface area (Å²) in [5.41, 5.74) is 4.92. The van der Waals surface area contributed by atoms with Gasteiger partial charge in [-0.3, -0.25) is 9.36 Å². The first kappa shape index (κ1) is 27.4. The standard InChI is InChI=1S/C33H31ClFN7O/c1-40-20-24(16-21-6-2-5-9-29(21)40)42-31-22(17-26(32(42)43)25-7-3-4-8-27(25)34)19-37-33(39-31)38-23-10-11-30(28(35)18-23)41-14-12-36-13-15-41/h2-11,17-19,24,36H,12-16,20H2,1H3,(H,37,38,39). The van der Waals surface area contributed by atoms with E-state index >= 15 is 4.39 Å². The van der Waals surface area contributed by atoms with Gasteiger partial charge in [-0.1, -0.05) is 48.0 Å². The van der Waals surface area contributed by atoms with Crippen molar-refractivity contribution >= 4 is 45.6 Å². The Morgan fingerprint density at radius 1 is 0.977 bits per heavy atom. The number of rotatable bonds is 5. The Kier molecular flexibility index (Phi) is 7.20. The predicted molar refractivity (Wildman–Crippen MR) is 171 cm³/mol. The van der Waals surface area contributed by atoms with Gasteiger partial charge >= 0.3 is 0 Å². The summed E-state index contributed by atoms with van der Waals surface area (Å²) in [5.74, 6) is -0.0251. The van der Waals surface area contributed by atoms with Crippen molar-refractivity contribution in [2.45, 2.75) is 12.5 Å². The smallest absolute Gasteiger partial charge is 0.260 e. The van der Waals surface area contributed by atoms with Crippen molar-refractivity contribution in [2.75, 3.05) is 54.9 Å². The van der Waals surface area contributed by atoms with Gasteiger partial charge in [0.05, 0.1) is 11.7 Å². The number of para-hydroxylation sites is 1. The first-order valence-corrected chi connectivity index (χ1v) is 14.8. The maximum absolute atomic E-state index is 15.1. The number of anilines is 4. The minimum atomic E-state index is -0.308. The summed E-state index contributed by atoms with van der Waals surface area (Å²) in [6.45, 7) is 3.79. The molecule has 2 aliphatic heterocycles. The van der Waals surface area contributed by atoms with Crippen molar-refractivity contribution in [1.29, 1.82) is 0 Å². The fraction of sp³-hybridized carbons (Fsp3) is 0.242. The van der Waals surface area contributed by atoms with Crippen LogP contribution in [0.2, 0.25) is 5.02 Å². The number of pyridine rings is 1. The van der Waals surface area contributed by atoms with Crippen LogP contribution in [0.25, 0.3) is 22.2 Å². The molecule has 7 rings (SSSR count). The number of piperazine rings is 1. The zero-order chi connectivity index (χ0) is 29.5. The maximum atomic E-state index is 15.1. The van der Waals surface area contributed by atoms with E-state index in [0.717, 1.165) is 37.4 Å². The van der Waals surface area contributed by atoms with Gasteiger partial charge in [-0.25, -0.2) is 9.37 Å². The summed E-state index contributed by atoms with van der Waals surface area (Å²) < 4.78 is 16.9. The van der Waals surface area contributed by atoms with Crippen LogP contribution in [0, 0.1) is 5.82 Å². The number of nitrogens with zero attached hydrogens (tertiary/aromatic N) is 5. The van der Waals surface area contributed by atoms with Gasteiger partial charge in [0.2, 0.25) is 5.95 Å². The third-order valence-electron chi connectivity index (χ3n) is 8.31. The summed E-state index contributed by atoms with van der Waals surface area (Å²) in [6, 6.07) is 22.3. The number of hydrogen-bond donors (Lipinski definition) is 2. The summed E-state index contributed by atoms with van der Waals surface area (Å²) in [6.07, 6.45) is 2.37. The third kappa shape index (κ3) is 5.19. The van der Waals surface area contributed by atoms with E-state index in [1.807, 2.05) is 54.4 Å². The predicted octanol–water partition coefficient (Wildman–Crippen LogP) is 5.64. The van der Waals surface area contributed by atoms with E-state index in [9.17, 15) is 4.79 Å². The van der Waals surface area contributed by atoms with Crippen LogP contribution in [0.1, 0.15) is 11.6 Å². The molecule has 2 aliphatic rings. The van der Waals surface area contributed by atoms with Crippen molar-refractivity contribution in [1.82, 2.24) is 19.9 Å². The van der Waals surface area contributed by atoms with Crippen LogP contribution >= 0.6 is 11.6 Å². The van der Waals surface area contributed by atoms with Crippen LogP contribution < -0.4 is 26.0 Å². The molecule has 0 bridgehead atoms. The van der Waals surface area contributed by atoms with Crippen molar-refractivity contribution in [2.24, 2.45) is 0 Å². The molecule has 0 saturated carbocycles. The van der Waals surface area contributed by atoms with E-state index in [-0.39, 0.29) is 23.4 Å². The highest BCUT2D eigenvalue weighted by Gasteiger charge is 2.27. The Bertz CT molecular complexity index is 1890. The molecule has 4 heterocycles. The molecule has 5 aromatic rings. The van der Waals surface area contributed by atoms with E-state index in [1.54, 1.807) is 22.9 Å². The highest BCUT2D eigenvalue weighted by Crippen LogP contribution is 2.34. The van der Waals surface area contributed by atoms with Crippen LogP contribution in [-0.4, -0.2) is 54.3 Å². The molecule has 0 aliphatic carbocycles. The van der Waals surface area contributed by atoms with E-state index in [2.05, 4.69) is 32.7 Å². The zero-order valence-corrected chi connectivity index (χ0v) is 24.5. The summed E-state index contributed by atoms with van der Waals surface area (Å²) >= 11 is 6.56. The Labute approximate surface area is 253 Å². The number of likely N-dealkylation sites (N-methyl/N-ethyl adjacent to an activating group) is 1. The molecule has 1 unspecified atom stereocenters. The Hall–Kier alpha value is -4.47. The quantitative estimate of drug-likeness (QED) is 0.272. The van der Waals surface area contributed by atoms with Crippen LogP contribution in [0.15, 0.2) is 83.8 Å². The number of hydrogen-bond acceptors (Lipinski definition) is 7. The van der Waals surface area contributed by atoms with Gasteiger partial charge in [0.1, 0.15) is 11.5 Å². The van der Waals surface area contributed by atoms with Crippen molar-refractivity contribution in [3.63, 3.8) is 0 Å². The molecule has 2 aromatic heterocycles. The average Bonchev–Trinajstić information content (AvgIpc) is 3.02. The molecule has 0 radical (unpaired) electrons. The SMILES string of the molecule is CN1CC(n2c(=O)c(-c3ccccc3Cl)cc3cnc(Nc4ccc(N5CCNCC5)c(F)c4)nc32)Cc2ccccc21. The highest BCUT2D eigenvalue weighted by atomic mass is 35.5. The number of nitrogens with one attached hydrogen (secondary N) is 2. The molecule has 0 amide bonds. The molecule has 3 aromatic carbocycles. The van der Waals surface area contributed by atoms with Gasteiger partial charge in [-0.2, -0.15) is 4.98 Å². The fourth-order valence-electron chi connectivity index (χ4n) is 6.23. The molecule has 2 N–H and O–H groups in total. The number of fused-ring (bicyclic) bond motifs is 2. The molecular weight excluding hydrogens is 565 g/mol. The molecule has 43 heavy (non-hydrogen) atoms. The number of halogens is 2. The lowest BCUT2D eigenvalue weighted by Crippen LogP contribution is -2.43. The van der Waals surface area contributed by atoms with Gasteiger partial charge in [0.15, 0.2) is 0 Å². The molecule has 1 atom stereocenters. The second-order valence-corrected chi connectivity index (χ2v) is 11.5. The molecular formula is C33H31ClFN7O. The molecule has 1 fully saturated rings. The molecule has 0 spiro atoms. The van der Waals surface area contributed by atoms with Crippen molar-refractivity contribution in [3.8, 4) is 11.1 Å². The first-order chi connectivity index (χ1) is 21.0. The van der Waals surface area contributed by atoms with Crippen LogP contribution in [0.5, 0.6) is 0 Å². The second kappa shape index (κ2) is 11.3. The van der Waals surface area contributed by atoms with E-state index < -0.39 is 0 Å². The lowest BCUT2D eigenvalue weighted by Gasteiger charge is -2.35. The van der Waals surface area contributed by atoms with E-state index in [0.29, 0.717) is 51.5 Å². The Morgan fingerprint density at radius 2 is 1.77 bits per heavy atom. The van der Waals surface area contributed by atoms with Gasteiger partial charge in [0.25, 0.3) is 5.56 Å². The maximum Gasteiger partial charge on any atom is 0.260 e. The van der Waals surface area contributed by atoms with Crippen LogP contribution in [0.4, 0.5) is 27.4 Å². The van der Waals surface area contributed by atoms with E-state index in [4.69, 9.17) is 16.6 Å². The molecule has 10 heteroatoms. The lowest BCUT2D eigenvalue weighted by molar-refractivity contribution is 0.481. The average molecular weight is 596 g/mol. The topological polar surface area (TPSA) is 78.3 Å². The monoisotopic (exact) mass is 595 g/mol.